The van der Waals surface area contributed by atoms with E-state index in [0.29, 0.717) is 6.04 Å². The van der Waals surface area contributed by atoms with Crippen LogP contribution in [0.4, 0.5) is 0 Å². The molecule has 1 aromatic rings. The van der Waals surface area contributed by atoms with Crippen LogP contribution in [0.3, 0.4) is 0 Å². The molecule has 2 atom stereocenters. The molecule has 102 valence electrons. The van der Waals surface area contributed by atoms with E-state index in [4.69, 9.17) is 0 Å². The smallest absolute Gasteiger partial charge is 0.0386 e. The summed E-state index contributed by atoms with van der Waals surface area (Å²) < 4.78 is 0. The number of thiophene rings is 1. The third kappa shape index (κ3) is 3.81. The first-order valence-corrected chi connectivity index (χ1v) is 7.98. The lowest BCUT2D eigenvalue weighted by atomic mass is 10.00. The molecule has 1 aliphatic heterocycles. The molecule has 2 nitrogen and oxygen atoms in total. The average molecular weight is 266 g/mol. The number of hydrogen-bond donors (Lipinski definition) is 1. The molecule has 1 aromatic heterocycles. The van der Waals surface area contributed by atoms with E-state index in [2.05, 4.69) is 43.2 Å². The quantitative estimate of drug-likeness (QED) is 0.876. The molecule has 1 aliphatic rings. The van der Waals surface area contributed by atoms with Crippen molar-refractivity contribution in [3.63, 3.8) is 0 Å². The first kappa shape index (κ1) is 14.0. The van der Waals surface area contributed by atoms with Crippen molar-refractivity contribution >= 4 is 11.3 Å². The minimum Gasteiger partial charge on any atom is -0.309 e. The number of piperidine rings is 1. The second-order valence-corrected chi connectivity index (χ2v) is 6.86. The third-order valence-electron chi connectivity index (χ3n) is 4.04. The topological polar surface area (TPSA) is 15.3 Å². The summed E-state index contributed by atoms with van der Waals surface area (Å²) in [5.41, 5.74) is 0. The average Bonchev–Trinajstić information content (AvgIpc) is 2.78. The number of aryl methyl sites for hydroxylation is 1. The largest absolute Gasteiger partial charge is 0.309 e. The standard InChI is InChI=1S/C15H26N2S/c1-12-7-8-15(18-12)13(2)16-10-9-14-6-4-5-11-17(14)3/h7-8,13-14,16H,4-6,9-11H2,1-3H3. The first-order valence-electron chi connectivity index (χ1n) is 7.17. The van der Waals surface area contributed by atoms with Gasteiger partial charge in [0.05, 0.1) is 0 Å². The van der Waals surface area contributed by atoms with Gasteiger partial charge in [-0.15, -0.1) is 11.3 Å². The molecule has 0 spiro atoms. The van der Waals surface area contributed by atoms with Crippen LogP contribution in [0, 0.1) is 6.92 Å². The van der Waals surface area contributed by atoms with Gasteiger partial charge in [-0.2, -0.15) is 0 Å². The van der Waals surface area contributed by atoms with E-state index >= 15 is 0 Å². The minimum atomic E-state index is 0.498. The van der Waals surface area contributed by atoms with Gasteiger partial charge in [-0.25, -0.2) is 0 Å². The highest BCUT2D eigenvalue weighted by molar-refractivity contribution is 7.12. The Labute approximate surface area is 115 Å². The molecule has 2 unspecified atom stereocenters. The highest BCUT2D eigenvalue weighted by atomic mass is 32.1. The van der Waals surface area contributed by atoms with Crippen molar-refractivity contribution in [3.8, 4) is 0 Å². The summed E-state index contributed by atoms with van der Waals surface area (Å²) in [6, 6.07) is 5.76. The predicted octanol–water partition coefficient (Wildman–Crippen LogP) is 3.58. The fraction of sp³-hybridized carbons (Fsp3) is 0.733. The van der Waals surface area contributed by atoms with E-state index in [1.807, 2.05) is 11.3 Å². The Balaban J connectivity index is 1.71. The fourth-order valence-corrected chi connectivity index (χ4v) is 3.67. The molecular formula is C15H26N2S. The summed E-state index contributed by atoms with van der Waals surface area (Å²) in [5, 5.41) is 3.66. The number of rotatable bonds is 5. The number of nitrogens with one attached hydrogen (secondary N) is 1. The molecule has 18 heavy (non-hydrogen) atoms. The maximum atomic E-state index is 3.66. The van der Waals surface area contributed by atoms with Crippen molar-refractivity contribution in [1.29, 1.82) is 0 Å². The highest BCUT2D eigenvalue weighted by Gasteiger charge is 2.18. The summed E-state index contributed by atoms with van der Waals surface area (Å²) in [5.74, 6) is 0. The Bertz CT molecular complexity index is 361. The van der Waals surface area contributed by atoms with E-state index in [1.54, 1.807) is 0 Å². The SMILES string of the molecule is Cc1ccc(C(C)NCCC2CCCCN2C)s1. The Morgan fingerprint density at radius 1 is 1.44 bits per heavy atom. The monoisotopic (exact) mass is 266 g/mol. The van der Waals surface area contributed by atoms with Gasteiger partial charge in [0.15, 0.2) is 0 Å². The lowest BCUT2D eigenvalue weighted by Gasteiger charge is -2.32. The molecule has 0 amide bonds. The first-order chi connectivity index (χ1) is 8.66. The normalized spacial score (nSPS) is 23.2. The van der Waals surface area contributed by atoms with Gasteiger partial charge in [-0.05, 0) is 65.4 Å². The van der Waals surface area contributed by atoms with E-state index < -0.39 is 0 Å². The maximum absolute atomic E-state index is 3.66. The van der Waals surface area contributed by atoms with Crippen molar-refractivity contribution < 1.29 is 0 Å². The van der Waals surface area contributed by atoms with Crippen LogP contribution >= 0.6 is 11.3 Å². The molecule has 0 saturated carbocycles. The molecule has 0 radical (unpaired) electrons. The van der Waals surface area contributed by atoms with Crippen molar-refractivity contribution in [3.05, 3.63) is 21.9 Å². The highest BCUT2D eigenvalue weighted by Crippen LogP contribution is 2.22. The molecule has 1 saturated heterocycles. The molecule has 0 aromatic carbocycles. The van der Waals surface area contributed by atoms with Crippen LogP contribution in [0.5, 0.6) is 0 Å². The molecule has 2 heterocycles. The van der Waals surface area contributed by atoms with Crippen molar-refractivity contribution in [2.75, 3.05) is 20.1 Å². The van der Waals surface area contributed by atoms with E-state index in [1.165, 1.54) is 42.0 Å². The van der Waals surface area contributed by atoms with E-state index in [-0.39, 0.29) is 0 Å². The zero-order valence-corrected chi connectivity index (χ0v) is 12.7. The molecule has 0 aliphatic carbocycles. The number of hydrogen-bond acceptors (Lipinski definition) is 3. The summed E-state index contributed by atoms with van der Waals surface area (Å²) in [6.45, 7) is 6.87. The summed E-state index contributed by atoms with van der Waals surface area (Å²) in [4.78, 5) is 5.40. The number of nitrogens with zero attached hydrogens (tertiary/aromatic N) is 1. The Hall–Kier alpha value is -0.380. The van der Waals surface area contributed by atoms with Gasteiger partial charge in [0.25, 0.3) is 0 Å². The predicted molar refractivity (Wildman–Crippen MR) is 80.4 cm³/mol. The maximum Gasteiger partial charge on any atom is 0.0386 e. The van der Waals surface area contributed by atoms with Crippen molar-refractivity contribution in [2.24, 2.45) is 0 Å². The van der Waals surface area contributed by atoms with Gasteiger partial charge in [-0.3, -0.25) is 0 Å². The van der Waals surface area contributed by atoms with Crippen LogP contribution in [-0.2, 0) is 0 Å². The van der Waals surface area contributed by atoms with Crippen LogP contribution in [-0.4, -0.2) is 31.1 Å². The fourth-order valence-electron chi connectivity index (χ4n) is 2.76. The van der Waals surface area contributed by atoms with Gasteiger partial charge in [0.1, 0.15) is 0 Å². The summed E-state index contributed by atoms with van der Waals surface area (Å²) in [6.07, 6.45) is 5.45. The van der Waals surface area contributed by atoms with Gasteiger partial charge in [0.2, 0.25) is 0 Å². The van der Waals surface area contributed by atoms with Crippen LogP contribution in [0.25, 0.3) is 0 Å². The van der Waals surface area contributed by atoms with Crippen molar-refractivity contribution in [2.45, 2.75) is 51.6 Å². The Kier molecular flexibility index (Phi) is 5.22. The molecule has 1 fully saturated rings. The van der Waals surface area contributed by atoms with Crippen LogP contribution in [0.2, 0.25) is 0 Å². The Morgan fingerprint density at radius 2 is 2.28 bits per heavy atom. The Morgan fingerprint density at radius 3 is 2.94 bits per heavy atom. The molecule has 2 rings (SSSR count). The minimum absolute atomic E-state index is 0.498. The number of likely N-dealkylation sites (tertiary alicyclic amines) is 1. The molecule has 1 N–H and O–H groups in total. The second-order valence-electron chi connectivity index (χ2n) is 5.54. The van der Waals surface area contributed by atoms with Gasteiger partial charge in [0, 0.05) is 21.8 Å². The van der Waals surface area contributed by atoms with Gasteiger partial charge < -0.3 is 10.2 Å². The van der Waals surface area contributed by atoms with Gasteiger partial charge >= 0.3 is 0 Å². The van der Waals surface area contributed by atoms with Crippen LogP contribution in [0.15, 0.2) is 12.1 Å². The zero-order chi connectivity index (χ0) is 13.0. The van der Waals surface area contributed by atoms with E-state index in [0.717, 1.165) is 12.6 Å². The molecule has 3 heteroatoms. The lowest BCUT2D eigenvalue weighted by Crippen LogP contribution is -2.38. The molecular weight excluding hydrogens is 240 g/mol. The third-order valence-corrected chi connectivity index (χ3v) is 5.22. The van der Waals surface area contributed by atoms with E-state index in [9.17, 15) is 0 Å². The zero-order valence-electron chi connectivity index (χ0n) is 11.9. The van der Waals surface area contributed by atoms with Crippen LogP contribution < -0.4 is 5.32 Å². The van der Waals surface area contributed by atoms with Crippen molar-refractivity contribution in [1.82, 2.24) is 10.2 Å². The van der Waals surface area contributed by atoms with Crippen LogP contribution in [0.1, 0.15) is 48.4 Å². The van der Waals surface area contributed by atoms with Gasteiger partial charge in [-0.1, -0.05) is 6.42 Å². The second kappa shape index (κ2) is 6.69. The summed E-state index contributed by atoms with van der Waals surface area (Å²) >= 11 is 1.91. The summed E-state index contributed by atoms with van der Waals surface area (Å²) in [7, 11) is 2.27. The lowest BCUT2D eigenvalue weighted by molar-refractivity contribution is 0.174. The molecule has 0 bridgehead atoms.